The van der Waals surface area contributed by atoms with E-state index >= 15 is 0 Å². The minimum absolute atomic E-state index is 0.000000000000000222. The third-order valence-corrected chi connectivity index (χ3v) is 1.88. The Labute approximate surface area is 62.9 Å². The molecule has 0 saturated carbocycles. The average molecular weight is 146 g/mol. The Morgan fingerprint density at radius 2 is 1.10 bits per heavy atom. The summed E-state index contributed by atoms with van der Waals surface area (Å²) < 4.78 is 0. The highest BCUT2D eigenvalue weighted by atomic mass is 16.5. The molecular weight excluding hydrogens is 128 g/mol. The van der Waals surface area contributed by atoms with E-state index in [-0.39, 0.29) is 5.92 Å². The van der Waals surface area contributed by atoms with Crippen molar-refractivity contribution in [1.82, 2.24) is 0 Å². The van der Waals surface area contributed by atoms with Crippen LogP contribution in [0.4, 0.5) is 0 Å². The van der Waals surface area contributed by atoms with E-state index in [0.717, 1.165) is 0 Å². The standard InChI is InChI=1S/C8H18O2/c1-5(2)7(6(3)4)8(9)10/h5-10H,1-4H3. The number of aliphatic hydroxyl groups excluding tert-OH is 1. The lowest BCUT2D eigenvalue weighted by atomic mass is 9.85. The van der Waals surface area contributed by atoms with Crippen molar-refractivity contribution < 1.29 is 10.2 Å². The zero-order valence-electron chi connectivity index (χ0n) is 7.20. The number of hydrogen-bond donors (Lipinski definition) is 2. The average Bonchev–Trinajstić information content (AvgIpc) is 1.59. The predicted molar refractivity (Wildman–Crippen MR) is 41.4 cm³/mol. The number of aliphatic hydroxyl groups is 2. The van der Waals surface area contributed by atoms with Crippen molar-refractivity contribution in [3.63, 3.8) is 0 Å². The minimum Gasteiger partial charge on any atom is -0.368 e. The maximum atomic E-state index is 8.91. The van der Waals surface area contributed by atoms with Crippen LogP contribution in [0.2, 0.25) is 0 Å². The molecule has 0 spiro atoms. The Balaban J connectivity index is 3.98. The molecule has 0 atom stereocenters. The third-order valence-electron chi connectivity index (χ3n) is 1.88. The fourth-order valence-electron chi connectivity index (χ4n) is 1.46. The molecule has 2 nitrogen and oxygen atoms in total. The summed E-state index contributed by atoms with van der Waals surface area (Å²) in [5.41, 5.74) is 0. The van der Waals surface area contributed by atoms with Gasteiger partial charge in [-0.3, -0.25) is 0 Å². The van der Waals surface area contributed by atoms with Gasteiger partial charge in [0.25, 0.3) is 0 Å². The summed E-state index contributed by atoms with van der Waals surface area (Å²) in [5, 5.41) is 17.8. The number of hydrogen-bond acceptors (Lipinski definition) is 2. The van der Waals surface area contributed by atoms with Gasteiger partial charge >= 0.3 is 0 Å². The Hall–Kier alpha value is -0.0800. The molecule has 0 rings (SSSR count). The summed E-state index contributed by atoms with van der Waals surface area (Å²) in [7, 11) is 0. The van der Waals surface area contributed by atoms with Crippen LogP contribution in [0.5, 0.6) is 0 Å². The molecule has 0 unspecified atom stereocenters. The van der Waals surface area contributed by atoms with E-state index in [2.05, 4.69) is 0 Å². The highest BCUT2D eigenvalue weighted by Crippen LogP contribution is 2.22. The van der Waals surface area contributed by atoms with Gasteiger partial charge in [-0.25, -0.2) is 0 Å². The highest BCUT2D eigenvalue weighted by molar-refractivity contribution is 4.67. The Morgan fingerprint density at radius 3 is 1.10 bits per heavy atom. The first-order valence-electron chi connectivity index (χ1n) is 3.83. The van der Waals surface area contributed by atoms with Gasteiger partial charge in [-0.2, -0.15) is 0 Å². The van der Waals surface area contributed by atoms with Gasteiger partial charge in [0.1, 0.15) is 0 Å². The van der Waals surface area contributed by atoms with Crippen LogP contribution in [-0.2, 0) is 0 Å². The molecule has 62 valence electrons. The summed E-state index contributed by atoms with van der Waals surface area (Å²) in [6.07, 6.45) is -1.17. The summed E-state index contributed by atoms with van der Waals surface area (Å²) in [4.78, 5) is 0. The molecule has 0 aliphatic rings. The molecule has 0 heterocycles. The molecule has 2 heteroatoms. The quantitative estimate of drug-likeness (QED) is 0.588. The monoisotopic (exact) mass is 146 g/mol. The molecule has 0 bridgehead atoms. The summed E-state index contributed by atoms with van der Waals surface area (Å²) in [6, 6.07) is 0. The van der Waals surface area contributed by atoms with Crippen molar-refractivity contribution >= 4 is 0 Å². The predicted octanol–water partition coefficient (Wildman–Crippen LogP) is 1.23. The maximum Gasteiger partial charge on any atom is 0.154 e. The second kappa shape index (κ2) is 3.94. The normalized spacial score (nSPS) is 12.6. The molecule has 0 fully saturated rings. The summed E-state index contributed by atoms with van der Waals surface area (Å²) in [5.74, 6) is 0.667. The second-order valence-electron chi connectivity index (χ2n) is 3.48. The van der Waals surface area contributed by atoms with Gasteiger partial charge < -0.3 is 10.2 Å². The molecule has 0 amide bonds. The fourth-order valence-corrected chi connectivity index (χ4v) is 1.46. The van der Waals surface area contributed by atoms with Crippen molar-refractivity contribution in [2.75, 3.05) is 0 Å². The highest BCUT2D eigenvalue weighted by Gasteiger charge is 2.23. The largest absolute Gasteiger partial charge is 0.368 e. The van der Waals surface area contributed by atoms with Crippen molar-refractivity contribution in [2.45, 2.75) is 34.0 Å². The van der Waals surface area contributed by atoms with Crippen molar-refractivity contribution in [3.05, 3.63) is 0 Å². The minimum atomic E-state index is -1.17. The first kappa shape index (κ1) is 9.92. The van der Waals surface area contributed by atoms with Gasteiger partial charge in [0, 0.05) is 5.92 Å². The van der Waals surface area contributed by atoms with Gasteiger partial charge in [-0.05, 0) is 11.8 Å². The van der Waals surface area contributed by atoms with E-state index in [0.29, 0.717) is 11.8 Å². The van der Waals surface area contributed by atoms with Crippen LogP contribution in [0, 0.1) is 17.8 Å². The van der Waals surface area contributed by atoms with Crippen LogP contribution >= 0.6 is 0 Å². The summed E-state index contributed by atoms with van der Waals surface area (Å²) in [6.45, 7) is 8.02. The molecule has 0 saturated heterocycles. The lowest BCUT2D eigenvalue weighted by molar-refractivity contribution is -0.110. The van der Waals surface area contributed by atoms with Crippen LogP contribution < -0.4 is 0 Å². The molecule has 10 heavy (non-hydrogen) atoms. The lowest BCUT2D eigenvalue weighted by Crippen LogP contribution is -2.29. The van der Waals surface area contributed by atoms with Gasteiger partial charge in [0.05, 0.1) is 0 Å². The summed E-state index contributed by atoms with van der Waals surface area (Å²) >= 11 is 0. The Morgan fingerprint density at radius 1 is 0.800 bits per heavy atom. The van der Waals surface area contributed by atoms with Crippen LogP contribution in [-0.4, -0.2) is 16.5 Å². The first-order valence-corrected chi connectivity index (χ1v) is 3.83. The molecule has 0 aliphatic carbocycles. The molecule has 2 N–H and O–H groups in total. The second-order valence-corrected chi connectivity index (χ2v) is 3.48. The zero-order valence-corrected chi connectivity index (χ0v) is 7.20. The van der Waals surface area contributed by atoms with E-state index in [9.17, 15) is 0 Å². The molecule has 0 aromatic carbocycles. The molecule has 0 aliphatic heterocycles. The van der Waals surface area contributed by atoms with Crippen molar-refractivity contribution in [3.8, 4) is 0 Å². The Kier molecular flexibility index (Phi) is 3.91. The Bertz CT molecular complexity index is 68.2. The fraction of sp³-hybridized carbons (Fsp3) is 1.00. The van der Waals surface area contributed by atoms with E-state index in [1.807, 2.05) is 27.7 Å². The maximum absolute atomic E-state index is 8.91. The zero-order chi connectivity index (χ0) is 8.31. The van der Waals surface area contributed by atoms with Gasteiger partial charge in [-0.15, -0.1) is 0 Å². The van der Waals surface area contributed by atoms with E-state index < -0.39 is 6.29 Å². The number of rotatable bonds is 3. The van der Waals surface area contributed by atoms with Crippen molar-refractivity contribution in [2.24, 2.45) is 17.8 Å². The van der Waals surface area contributed by atoms with Gasteiger partial charge in [0.15, 0.2) is 6.29 Å². The first-order chi connectivity index (χ1) is 4.46. The van der Waals surface area contributed by atoms with Gasteiger partial charge in [0.2, 0.25) is 0 Å². The SMILES string of the molecule is CC(C)C(C(C)C)C(O)O. The van der Waals surface area contributed by atoms with E-state index in [1.54, 1.807) is 0 Å². The molecule has 0 aromatic heterocycles. The lowest BCUT2D eigenvalue weighted by Gasteiger charge is -2.26. The smallest absolute Gasteiger partial charge is 0.154 e. The molecule has 0 aromatic rings. The van der Waals surface area contributed by atoms with Crippen molar-refractivity contribution in [1.29, 1.82) is 0 Å². The van der Waals surface area contributed by atoms with Crippen LogP contribution in [0.1, 0.15) is 27.7 Å². The van der Waals surface area contributed by atoms with Crippen LogP contribution in [0.25, 0.3) is 0 Å². The van der Waals surface area contributed by atoms with E-state index in [4.69, 9.17) is 10.2 Å². The van der Waals surface area contributed by atoms with E-state index in [1.165, 1.54) is 0 Å². The topological polar surface area (TPSA) is 40.5 Å². The van der Waals surface area contributed by atoms with Gasteiger partial charge in [-0.1, -0.05) is 27.7 Å². The van der Waals surface area contributed by atoms with Crippen LogP contribution in [0.15, 0.2) is 0 Å². The molecular formula is C8H18O2. The molecule has 0 radical (unpaired) electrons. The third kappa shape index (κ3) is 2.67. The van der Waals surface area contributed by atoms with Crippen LogP contribution in [0.3, 0.4) is 0 Å².